The summed E-state index contributed by atoms with van der Waals surface area (Å²) in [5, 5.41) is 4.20. The Labute approximate surface area is 242 Å². The van der Waals surface area contributed by atoms with Crippen LogP contribution in [0.5, 0.6) is 0 Å². The van der Waals surface area contributed by atoms with Crippen LogP contribution in [0.15, 0.2) is 77.3 Å². The maximum Gasteiger partial charge on any atom is 0.243 e. The number of thioether (sulfide) groups is 1. The van der Waals surface area contributed by atoms with E-state index >= 15 is 0 Å². The van der Waals surface area contributed by atoms with E-state index in [9.17, 15) is 9.59 Å². The average molecular weight is 622 g/mol. The molecule has 196 valence electrons. The fraction of sp³-hybridized carbons (Fsp3) is 0.310. The minimum absolute atomic E-state index is 0.101. The molecular weight excluding hydrogens is 591 g/mol. The van der Waals surface area contributed by atoms with E-state index in [0.29, 0.717) is 41.2 Å². The number of hydrogen-bond donors (Lipinski definition) is 1. The Morgan fingerprint density at radius 3 is 2.38 bits per heavy atom. The lowest BCUT2D eigenvalue weighted by Crippen LogP contribution is -2.51. The first-order valence-corrected chi connectivity index (χ1v) is 14.8. The smallest absolute Gasteiger partial charge is 0.243 e. The van der Waals surface area contributed by atoms with Gasteiger partial charge in [-0.1, -0.05) is 102 Å². The molecule has 0 radical (unpaired) electrons. The van der Waals surface area contributed by atoms with E-state index < -0.39 is 6.04 Å². The van der Waals surface area contributed by atoms with Crippen molar-refractivity contribution in [2.24, 2.45) is 5.92 Å². The molecule has 8 heteroatoms. The molecule has 0 fully saturated rings. The highest BCUT2D eigenvalue weighted by molar-refractivity contribution is 9.10. The van der Waals surface area contributed by atoms with Crippen molar-refractivity contribution < 1.29 is 9.59 Å². The normalized spacial score (nSPS) is 11.8. The van der Waals surface area contributed by atoms with Gasteiger partial charge in [-0.25, -0.2) is 0 Å². The van der Waals surface area contributed by atoms with Gasteiger partial charge in [-0.15, -0.1) is 11.8 Å². The predicted molar refractivity (Wildman–Crippen MR) is 159 cm³/mol. The molecule has 0 aliphatic rings. The van der Waals surface area contributed by atoms with E-state index in [1.54, 1.807) is 17.0 Å². The summed E-state index contributed by atoms with van der Waals surface area (Å²) in [7, 11) is 0. The molecule has 3 rings (SSSR count). The fourth-order valence-corrected chi connectivity index (χ4v) is 5.69. The molecule has 0 bridgehead atoms. The zero-order chi connectivity index (χ0) is 26.8. The van der Waals surface area contributed by atoms with Crippen LogP contribution in [0.3, 0.4) is 0 Å². The molecule has 4 nitrogen and oxygen atoms in total. The van der Waals surface area contributed by atoms with E-state index in [0.717, 1.165) is 21.2 Å². The van der Waals surface area contributed by atoms with Crippen molar-refractivity contribution in [2.75, 3.05) is 12.3 Å². The van der Waals surface area contributed by atoms with Gasteiger partial charge in [-0.05, 0) is 46.9 Å². The molecule has 2 amide bonds. The van der Waals surface area contributed by atoms with Gasteiger partial charge < -0.3 is 10.2 Å². The van der Waals surface area contributed by atoms with Crippen molar-refractivity contribution in [1.82, 2.24) is 10.2 Å². The van der Waals surface area contributed by atoms with Crippen molar-refractivity contribution in [3.8, 4) is 0 Å². The molecule has 1 atom stereocenters. The van der Waals surface area contributed by atoms with Crippen LogP contribution in [0.4, 0.5) is 0 Å². The number of carbonyl (C=O) groups excluding carboxylic acids is 2. The molecule has 0 saturated carbocycles. The monoisotopic (exact) mass is 620 g/mol. The molecule has 0 aliphatic carbocycles. The number of nitrogens with one attached hydrogen (secondary N) is 1. The Hall–Kier alpha value is -1.99. The molecule has 0 unspecified atom stereocenters. The third kappa shape index (κ3) is 9.68. The van der Waals surface area contributed by atoms with Crippen LogP contribution in [0, 0.1) is 5.92 Å². The highest BCUT2D eigenvalue weighted by Gasteiger charge is 2.30. The van der Waals surface area contributed by atoms with Crippen molar-refractivity contribution >= 4 is 62.7 Å². The van der Waals surface area contributed by atoms with Crippen LogP contribution >= 0.6 is 50.9 Å². The standard InChI is InChI=1S/C29H31BrCl2N2O2S/c1-20(2)16-33-29(36)27(14-21-7-4-3-5-8-21)34(17-22-9-6-10-24(30)13-22)28(35)19-37-18-23-11-12-25(31)15-26(23)32/h3-13,15,20,27H,14,16-19H2,1-2H3,(H,33,36)/t27-/m1/s1. The van der Waals surface area contributed by atoms with Crippen LogP contribution in [0.25, 0.3) is 0 Å². The lowest BCUT2D eigenvalue weighted by Gasteiger charge is -2.32. The van der Waals surface area contributed by atoms with Gasteiger partial charge in [0.15, 0.2) is 0 Å². The number of carbonyl (C=O) groups is 2. The molecular formula is C29H31BrCl2N2O2S. The fourth-order valence-electron chi connectivity index (χ4n) is 3.78. The van der Waals surface area contributed by atoms with Crippen molar-refractivity contribution in [3.63, 3.8) is 0 Å². The maximum atomic E-state index is 13.7. The Bertz CT molecular complexity index is 1190. The minimum atomic E-state index is -0.646. The molecule has 0 aliphatic heterocycles. The summed E-state index contributed by atoms with van der Waals surface area (Å²) in [6.45, 7) is 4.98. The first-order chi connectivity index (χ1) is 17.7. The summed E-state index contributed by atoms with van der Waals surface area (Å²) in [6, 6.07) is 22.4. The summed E-state index contributed by atoms with van der Waals surface area (Å²) in [5.41, 5.74) is 2.86. The van der Waals surface area contributed by atoms with Crippen LogP contribution in [0.1, 0.15) is 30.5 Å². The molecule has 3 aromatic carbocycles. The first kappa shape index (κ1) is 29.6. The van der Waals surface area contributed by atoms with E-state index in [2.05, 4.69) is 35.1 Å². The Morgan fingerprint density at radius 1 is 0.973 bits per heavy atom. The number of nitrogens with zero attached hydrogens (tertiary/aromatic N) is 1. The third-order valence-corrected chi connectivity index (χ3v) is 7.74. The summed E-state index contributed by atoms with van der Waals surface area (Å²) in [6.07, 6.45) is 0.429. The second-order valence-corrected chi connectivity index (χ2v) is 12.0. The van der Waals surface area contributed by atoms with Crippen LogP contribution in [0.2, 0.25) is 10.0 Å². The predicted octanol–water partition coefficient (Wildman–Crippen LogP) is 7.40. The zero-order valence-corrected chi connectivity index (χ0v) is 24.8. The van der Waals surface area contributed by atoms with Crippen LogP contribution in [-0.4, -0.2) is 35.1 Å². The summed E-state index contributed by atoms with van der Waals surface area (Å²) in [4.78, 5) is 28.9. The SMILES string of the molecule is CC(C)CNC(=O)[C@@H](Cc1ccccc1)N(Cc1cccc(Br)c1)C(=O)CSCc1ccc(Cl)cc1Cl. The van der Waals surface area contributed by atoms with Gasteiger partial charge >= 0.3 is 0 Å². The molecule has 37 heavy (non-hydrogen) atoms. The van der Waals surface area contributed by atoms with E-state index in [1.807, 2.05) is 60.7 Å². The Kier molecular flexibility index (Phi) is 11.8. The third-order valence-electron chi connectivity index (χ3n) is 5.70. The summed E-state index contributed by atoms with van der Waals surface area (Å²) < 4.78 is 0.924. The summed E-state index contributed by atoms with van der Waals surface area (Å²) in [5.74, 6) is 0.836. The van der Waals surface area contributed by atoms with Crippen molar-refractivity contribution in [3.05, 3.63) is 104 Å². The highest BCUT2D eigenvalue weighted by atomic mass is 79.9. The quantitative estimate of drug-likeness (QED) is 0.229. The largest absolute Gasteiger partial charge is 0.354 e. The van der Waals surface area contributed by atoms with E-state index in [-0.39, 0.29) is 17.6 Å². The number of amides is 2. The van der Waals surface area contributed by atoms with Crippen LogP contribution in [-0.2, 0) is 28.3 Å². The molecule has 0 heterocycles. The molecule has 0 saturated heterocycles. The first-order valence-electron chi connectivity index (χ1n) is 12.1. The Balaban J connectivity index is 1.85. The lowest BCUT2D eigenvalue weighted by molar-refractivity contribution is -0.139. The molecule has 3 aromatic rings. The van der Waals surface area contributed by atoms with Gasteiger partial charge in [0, 0.05) is 39.8 Å². The van der Waals surface area contributed by atoms with E-state index in [4.69, 9.17) is 23.2 Å². The molecule has 0 spiro atoms. The van der Waals surface area contributed by atoms with Gasteiger partial charge in [0.25, 0.3) is 0 Å². The van der Waals surface area contributed by atoms with E-state index in [1.165, 1.54) is 11.8 Å². The van der Waals surface area contributed by atoms with Gasteiger partial charge in [0.1, 0.15) is 6.04 Å². The second kappa shape index (κ2) is 14.8. The molecule has 0 aromatic heterocycles. The number of hydrogen-bond acceptors (Lipinski definition) is 3. The number of benzene rings is 3. The summed E-state index contributed by atoms with van der Waals surface area (Å²) >= 11 is 17.3. The van der Waals surface area contributed by atoms with Gasteiger partial charge in [0.2, 0.25) is 11.8 Å². The lowest BCUT2D eigenvalue weighted by atomic mass is 10.0. The minimum Gasteiger partial charge on any atom is -0.354 e. The maximum absolute atomic E-state index is 13.7. The highest BCUT2D eigenvalue weighted by Crippen LogP contribution is 2.25. The topological polar surface area (TPSA) is 49.4 Å². The Morgan fingerprint density at radius 2 is 1.70 bits per heavy atom. The van der Waals surface area contributed by atoms with Crippen molar-refractivity contribution in [2.45, 2.75) is 38.6 Å². The average Bonchev–Trinajstić information content (AvgIpc) is 2.86. The second-order valence-electron chi connectivity index (χ2n) is 9.22. The van der Waals surface area contributed by atoms with Gasteiger partial charge in [-0.3, -0.25) is 9.59 Å². The number of rotatable bonds is 12. The van der Waals surface area contributed by atoms with Gasteiger partial charge in [0.05, 0.1) is 5.75 Å². The zero-order valence-electron chi connectivity index (χ0n) is 20.9. The van der Waals surface area contributed by atoms with Crippen molar-refractivity contribution in [1.29, 1.82) is 0 Å². The number of halogens is 3. The van der Waals surface area contributed by atoms with Crippen LogP contribution < -0.4 is 5.32 Å². The molecule has 1 N–H and O–H groups in total. The van der Waals surface area contributed by atoms with Gasteiger partial charge in [-0.2, -0.15) is 0 Å².